The molecule has 0 aromatic carbocycles. The van der Waals surface area contributed by atoms with Gasteiger partial charge in [-0.15, -0.1) is 11.3 Å². The molecule has 3 aromatic heterocycles. The number of thiazole rings is 1. The molecular formula is C18H23N7S. The molecule has 0 amide bonds. The average molecular weight is 369 g/mol. The van der Waals surface area contributed by atoms with Crippen LogP contribution >= 0.6 is 11.3 Å². The Bertz CT molecular complexity index is 858. The van der Waals surface area contributed by atoms with E-state index in [1.165, 1.54) is 17.7 Å². The molecule has 0 unspecified atom stereocenters. The van der Waals surface area contributed by atoms with Gasteiger partial charge in [-0.1, -0.05) is 6.42 Å². The Balaban J connectivity index is 1.58. The number of aromatic amines is 1. The van der Waals surface area contributed by atoms with Crippen molar-refractivity contribution < 1.29 is 0 Å². The van der Waals surface area contributed by atoms with Crippen molar-refractivity contribution in [3.8, 4) is 0 Å². The molecule has 3 aromatic rings. The quantitative estimate of drug-likeness (QED) is 0.713. The number of hydrogen-bond acceptors (Lipinski definition) is 7. The Labute approximate surface area is 156 Å². The number of hydrogen-bond donors (Lipinski definition) is 2. The van der Waals surface area contributed by atoms with Gasteiger partial charge in [0, 0.05) is 35.6 Å². The second kappa shape index (κ2) is 7.51. The smallest absolute Gasteiger partial charge is 0.188 e. The standard InChI is InChI=1S/C18H23N7S/c1-12-8-20-18(26-12)24-17-7-15(22-13(2)23-17)16-5-3-4-6-25(16)10-14-9-19-11-21-14/h7-9,11,16H,3-6,10H2,1-2H3,(H,19,21)(H,20,22,23,24)/t16-/m0/s1. The van der Waals surface area contributed by atoms with Crippen LogP contribution in [0.4, 0.5) is 10.9 Å². The lowest BCUT2D eigenvalue weighted by molar-refractivity contribution is 0.135. The Morgan fingerprint density at radius 1 is 1.27 bits per heavy atom. The molecule has 1 saturated heterocycles. The van der Waals surface area contributed by atoms with E-state index in [9.17, 15) is 0 Å². The lowest BCUT2D eigenvalue weighted by atomic mass is 9.98. The first kappa shape index (κ1) is 17.1. The van der Waals surface area contributed by atoms with E-state index in [0.29, 0.717) is 6.04 Å². The van der Waals surface area contributed by atoms with E-state index >= 15 is 0 Å². The molecule has 1 aliphatic rings. The topological polar surface area (TPSA) is 82.6 Å². The summed E-state index contributed by atoms with van der Waals surface area (Å²) in [7, 11) is 0. The van der Waals surface area contributed by atoms with Gasteiger partial charge in [-0.3, -0.25) is 4.90 Å². The second-order valence-corrected chi connectivity index (χ2v) is 7.92. The SMILES string of the molecule is Cc1nc(Nc2ncc(C)s2)cc([C@@H]2CCCCN2Cc2cnc[nH]2)n1. The van der Waals surface area contributed by atoms with Gasteiger partial charge in [0.05, 0.1) is 18.1 Å². The minimum atomic E-state index is 0.298. The summed E-state index contributed by atoms with van der Waals surface area (Å²) in [4.78, 5) is 24.7. The summed E-state index contributed by atoms with van der Waals surface area (Å²) >= 11 is 1.63. The van der Waals surface area contributed by atoms with Crippen molar-refractivity contribution in [3.63, 3.8) is 0 Å². The summed E-state index contributed by atoms with van der Waals surface area (Å²) in [5.74, 6) is 1.60. The van der Waals surface area contributed by atoms with Gasteiger partial charge >= 0.3 is 0 Å². The highest BCUT2D eigenvalue weighted by molar-refractivity contribution is 7.15. The first-order valence-corrected chi connectivity index (χ1v) is 9.75. The van der Waals surface area contributed by atoms with Crippen molar-refractivity contribution in [1.82, 2.24) is 29.8 Å². The van der Waals surface area contributed by atoms with Crippen LogP contribution in [0.1, 0.15) is 47.4 Å². The zero-order valence-corrected chi connectivity index (χ0v) is 15.9. The highest BCUT2D eigenvalue weighted by atomic mass is 32.1. The number of imidazole rings is 1. The predicted octanol–water partition coefficient (Wildman–Crippen LogP) is 3.74. The second-order valence-electron chi connectivity index (χ2n) is 6.69. The lowest BCUT2D eigenvalue weighted by Crippen LogP contribution is -2.33. The van der Waals surface area contributed by atoms with Gasteiger partial charge in [-0.2, -0.15) is 0 Å². The molecule has 0 spiro atoms. The Hall–Kier alpha value is -2.32. The van der Waals surface area contributed by atoms with Crippen LogP contribution in [0.25, 0.3) is 0 Å². The highest BCUT2D eigenvalue weighted by Crippen LogP contribution is 2.32. The van der Waals surface area contributed by atoms with Gasteiger partial charge in [0.2, 0.25) is 0 Å². The normalized spacial score (nSPS) is 18.2. The maximum Gasteiger partial charge on any atom is 0.188 e. The van der Waals surface area contributed by atoms with Crippen molar-refractivity contribution in [1.29, 1.82) is 0 Å². The fourth-order valence-electron chi connectivity index (χ4n) is 3.45. The van der Waals surface area contributed by atoms with Crippen molar-refractivity contribution in [2.24, 2.45) is 0 Å². The third-order valence-corrected chi connectivity index (χ3v) is 5.43. The summed E-state index contributed by atoms with van der Waals surface area (Å²) in [6.45, 7) is 5.93. The number of H-pyrrole nitrogens is 1. The van der Waals surface area contributed by atoms with Crippen molar-refractivity contribution in [3.05, 3.63) is 46.9 Å². The lowest BCUT2D eigenvalue weighted by Gasteiger charge is -2.35. The van der Waals surface area contributed by atoms with Crippen LogP contribution in [-0.4, -0.2) is 36.4 Å². The molecule has 0 bridgehead atoms. The number of nitrogens with zero attached hydrogens (tertiary/aromatic N) is 5. The maximum absolute atomic E-state index is 4.75. The summed E-state index contributed by atoms with van der Waals surface area (Å²) in [6, 6.07) is 2.37. The van der Waals surface area contributed by atoms with Crippen LogP contribution in [0.3, 0.4) is 0 Å². The first-order valence-electron chi connectivity index (χ1n) is 8.94. The molecule has 1 aliphatic heterocycles. The molecule has 1 atom stereocenters. The summed E-state index contributed by atoms with van der Waals surface area (Å²) in [5, 5.41) is 4.19. The molecule has 26 heavy (non-hydrogen) atoms. The van der Waals surface area contributed by atoms with E-state index in [2.05, 4.69) is 43.1 Å². The van der Waals surface area contributed by atoms with Crippen molar-refractivity contribution in [2.75, 3.05) is 11.9 Å². The average Bonchev–Trinajstić information content (AvgIpc) is 3.27. The van der Waals surface area contributed by atoms with E-state index in [1.54, 1.807) is 17.7 Å². The fourth-order valence-corrected chi connectivity index (χ4v) is 4.12. The predicted molar refractivity (Wildman–Crippen MR) is 102 cm³/mol. The van der Waals surface area contributed by atoms with E-state index < -0.39 is 0 Å². The van der Waals surface area contributed by atoms with Crippen LogP contribution in [0.15, 0.2) is 24.8 Å². The van der Waals surface area contributed by atoms with Gasteiger partial charge in [0.25, 0.3) is 0 Å². The zero-order valence-electron chi connectivity index (χ0n) is 15.1. The van der Waals surface area contributed by atoms with Gasteiger partial charge in [0.1, 0.15) is 11.6 Å². The zero-order chi connectivity index (χ0) is 17.9. The van der Waals surface area contributed by atoms with Gasteiger partial charge in [-0.05, 0) is 33.2 Å². The van der Waals surface area contributed by atoms with Gasteiger partial charge in [0.15, 0.2) is 5.13 Å². The van der Waals surface area contributed by atoms with Crippen LogP contribution in [0.2, 0.25) is 0 Å². The molecule has 7 nitrogen and oxygen atoms in total. The minimum absolute atomic E-state index is 0.298. The number of nitrogens with one attached hydrogen (secondary N) is 2. The third kappa shape index (κ3) is 3.91. The monoisotopic (exact) mass is 369 g/mol. The van der Waals surface area contributed by atoms with Crippen molar-refractivity contribution >= 4 is 22.3 Å². The van der Waals surface area contributed by atoms with Gasteiger partial charge < -0.3 is 10.3 Å². The van der Waals surface area contributed by atoms with Gasteiger partial charge in [-0.25, -0.2) is 19.9 Å². The summed E-state index contributed by atoms with van der Waals surface area (Å²) in [6.07, 6.45) is 9.06. The molecule has 4 heterocycles. The third-order valence-electron chi connectivity index (χ3n) is 4.60. The molecule has 2 N–H and O–H groups in total. The highest BCUT2D eigenvalue weighted by Gasteiger charge is 2.26. The van der Waals surface area contributed by atoms with E-state index in [1.807, 2.05) is 19.3 Å². The van der Waals surface area contributed by atoms with Crippen LogP contribution < -0.4 is 5.32 Å². The summed E-state index contributed by atoms with van der Waals surface area (Å²) in [5.41, 5.74) is 2.21. The van der Waals surface area contributed by atoms with Crippen LogP contribution in [-0.2, 0) is 6.54 Å². The van der Waals surface area contributed by atoms with Crippen LogP contribution in [0, 0.1) is 13.8 Å². The first-order chi connectivity index (χ1) is 12.7. The molecular weight excluding hydrogens is 346 g/mol. The number of anilines is 2. The Kier molecular flexibility index (Phi) is 4.94. The molecule has 0 radical (unpaired) electrons. The molecule has 1 fully saturated rings. The molecule has 8 heteroatoms. The Morgan fingerprint density at radius 2 is 2.19 bits per heavy atom. The molecule has 0 saturated carbocycles. The number of piperidine rings is 1. The number of aromatic nitrogens is 5. The number of likely N-dealkylation sites (tertiary alicyclic amines) is 1. The maximum atomic E-state index is 4.75. The molecule has 136 valence electrons. The summed E-state index contributed by atoms with van der Waals surface area (Å²) < 4.78 is 0. The number of aryl methyl sites for hydroxylation is 2. The number of rotatable bonds is 5. The van der Waals surface area contributed by atoms with Crippen LogP contribution in [0.5, 0.6) is 0 Å². The van der Waals surface area contributed by atoms with E-state index in [-0.39, 0.29) is 0 Å². The molecule has 4 rings (SSSR count). The van der Waals surface area contributed by atoms with E-state index in [0.717, 1.165) is 47.7 Å². The molecule has 0 aliphatic carbocycles. The Morgan fingerprint density at radius 3 is 2.96 bits per heavy atom. The fraction of sp³-hybridized carbons (Fsp3) is 0.444. The van der Waals surface area contributed by atoms with E-state index in [4.69, 9.17) is 4.98 Å². The van der Waals surface area contributed by atoms with Crippen molar-refractivity contribution in [2.45, 2.75) is 45.7 Å². The largest absolute Gasteiger partial charge is 0.347 e. The minimum Gasteiger partial charge on any atom is -0.347 e.